The summed E-state index contributed by atoms with van der Waals surface area (Å²) in [6.07, 6.45) is 4.54. The van der Waals surface area contributed by atoms with E-state index in [2.05, 4.69) is 79.5 Å². The zero-order valence-corrected chi connectivity index (χ0v) is 13.7. The molecule has 2 aromatic carbocycles. The summed E-state index contributed by atoms with van der Waals surface area (Å²) in [7, 11) is 0. The highest BCUT2D eigenvalue weighted by Gasteiger charge is 2.39. The van der Waals surface area contributed by atoms with E-state index in [0.717, 1.165) is 5.69 Å². The lowest BCUT2D eigenvalue weighted by Gasteiger charge is -2.13. The van der Waals surface area contributed by atoms with E-state index in [9.17, 15) is 0 Å². The molecule has 3 aromatic rings. The van der Waals surface area contributed by atoms with Crippen LogP contribution in [-0.2, 0) is 5.41 Å². The Morgan fingerprint density at radius 3 is 2.39 bits per heavy atom. The molecule has 1 aliphatic carbocycles. The van der Waals surface area contributed by atoms with Gasteiger partial charge < -0.3 is 0 Å². The number of pyridine rings is 1. The largest absolute Gasteiger partial charge is 0.256 e. The number of nitrogens with zero attached hydrogens (tertiary/aromatic N) is 1. The van der Waals surface area contributed by atoms with Gasteiger partial charge in [0.05, 0.1) is 5.69 Å². The zero-order valence-electron chi connectivity index (χ0n) is 13.7. The van der Waals surface area contributed by atoms with Crippen LogP contribution in [-0.4, -0.2) is 4.98 Å². The summed E-state index contributed by atoms with van der Waals surface area (Å²) in [6, 6.07) is 21.7. The van der Waals surface area contributed by atoms with Crippen LogP contribution >= 0.6 is 0 Å². The number of hydrogen-bond acceptors (Lipinski definition) is 1. The van der Waals surface area contributed by atoms with Gasteiger partial charge in [-0.25, -0.2) is 0 Å². The molecule has 1 nitrogen and oxygen atoms in total. The van der Waals surface area contributed by atoms with Crippen molar-refractivity contribution in [1.29, 1.82) is 0 Å². The highest BCUT2D eigenvalue weighted by molar-refractivity contribution is 5.74. The Kier molecular flexibility index (Phi) is 3.30. The molecule has 0 atom stereocenters. The fourth-order valence-electron chi connectivity index (χ4n) is 3.14. The third-order valence-electron chi connectivity index (χ3n) is 5.08. The van der Waals surface area contributed by atoms with Crippen LogP contribution in [0.5, 0.6) is 0 Å². The van der Waals surface area contributed by atoms with E-state index < -0.39 is 0 Å². The van der Waals surface area contributed by atoms with Gasteiger partial charge in [0, 0.05) is 11.8 Å². The average Bonchev–Trinajstić information content (AvgIpc) is 3.35. The summed E-state index contributed by atoms with van der Waals surface area (Å²) in [6.45, 7) is 4.51. The number of aryl methyl sites for hydroxylation is 1. The van der Waals surface area contributed by atoms with E-state index in [0.29, 0.717) is 5.41 Å². The maximum atomic E-state index is 4.65. The van der Waals surface area contributed by atoms with Crippen LogP contribution in [0, 0.1) is 6.92 Å². The van der Waals surface area contributed by atoms with Gasteiger partial charge in [0.15, 0.2) is 0 Å². The SMILES string of the molecule is Cc1ccc(-c2ccccc2)cc1-c1cc(C2(C)CC2)ccn1. The molecule has 1 aromatic heterocycles. The van der Waals surface area contributed by atoms with E-state index in [1.165, 1.54) is 40.7 Å². The molecule has 1 saturated carbocycles. The van der Waals surface area contributed by atoms with Crippen molar-refractivity contribution in [1.82, 2.24) is 4.98 Å². The smallest absolute Gasteiger partial charge is 0.0707 e. The molecule has 1 aliphatic rings. The van der Waals surface area contributed by atoms with Crippen molar-refractivity contribution in [3.05, 3.63) is 78.0 Å². The van der Waals surface area contributed by atoms with E-state index in [4.69, 9.17) is 0 Å². The predicted molar refractivity (Wildman–Crippen MR) is 96.4 cm³/mol. The Labute approximate surface area is 138 Å². The normalized spacial score (nSPS) is 15.4. The average molecular weight is 299 g/mol. The van der Waals surface area contributed by atoms with Crippen LogP contribution in [0.3, 0.4) is 0 Å². The lowest BCUT2D eigenvalue weighted by atomic mass is 9.94. The first-order chi connectivity index (χ1) is 11.2. The van der Waals surface area contributed by atoms with Crippen LogP contribution in [0.25, 0.3) is 22.4 Å². The molecule has 0 radical (unpaired) electrons. The maximum Gasteiger partial charge on any atom is 0.0707 e. The second kappa shape index (κ2) is 5.34. The Bertz CT molecular complexity index is 845. The third kappa shape index (κ3) is 2.68. The number of rotatable bonds is 3. The first-order valence-electron chi connectivity index (χ1n) is 8.29. The van der Waals surface area contributed by atoms with E-state index in [1.807, 2.05) is 6.20 Å². The lowest BCUT2D eigenvalue weighted by Crippen LogP contribution is -2.00. The van der Waals surface area contributed by atoms with Gasteiger partial charge in [-0.15, -0.1) is 0 Å². The number of hydrogen-bond donors (Lipinski definition) is 0. The Balaban J connectivity index is 1.80. The summed E-state index contributed by atoms with van der Waals surface area (Å²) < 4.78 is 0. The summed E-state index contributed by atoms with van der Waals surface area (Å²) in [5, 5.41) is 0. The van der Waals surface area contributed by atoms with Crippen molar-refractivity contribution < 1.29 is 0 Å². The van der Waals surface area contributed by atoms with Gasteiger partial charge in [-0.1, -0.05) is 49.4 Å². The molecule has 1 fully saturated rings. The van der Waals surface area contributed by atoms with Crippen LogP contribution in [0.15, 0.2) is 66.9 Å². The van der Waals surface area contributed by atoms with E-state index in [1.54, 1.807) is 0 Å². The molecule has 1 heteroatoms. The Morgan fingerprint density at radius 1 is 0.870 bits per heavy atom. The molecular formula is C22H21N. The minimum atomic E-state index is 0.378. The molecule has 1 heterocycles. The standard InChI is InChI=1S/C22H21N/c1-16-8-9-18(17-6-4-3-5-7-17)14-20(16)21-15-19(10-13-23-21)22(2)11-12-22/h3-10,13-15H,11-12H2,1-2H3. The molecule has 114 valence electrons. The maximum absolute atomic E-state index is 4.65. The van der Waals surface area contributed by atoms with Crippen LogP contribution in [0.4, 0.5) is 0 Å². The topological polar surface area (TPSA) is 12.9 Å². The second-order valence-electron chi connectivity index (χ2n) is 6.89. The summed E-state index contributed by atoms with van der Waals surface area (Å²) in [5.41, 5.74) is 7.89. The molecule has 4 rings (SSSR count). The van der Waals surface area contributed by atoms with E-state index >= 15 is 0 Å². The first kappa shape index (κ1) is 14.2. The van der Waals surface area contributed by atoms with Crippen molar-refractivity contribution in [3.63, 3.8) is 0 Å². The second-order valence-corrected chi connectivity index (χ2v) is 6.89. The van der Waals surface area contributed by atoms with Crippen LogP contribution in [0.2, 0.25) is 0 Å². The summed E-state index contributed by atoms with van der Waals surface area (Å²) in [5.74, 6) is 0. The van der Waals surface area contributed by atoms with Gasteiger partial charge in [-0.05, 0) is 65.6 Å². The minimum Gasteiger partial charge on any atom is -0.256 e. The summed E-state index contributed by atoms with van der Waals surface area (Å²) in [4.78, 5) is 4.65. The molecule has 0 N–H and O–H groups in total. The van der Waals surface area contributed by atoms with Crippen molar-refractivity contribution in [3.8, 4) is 22.4 Å². The van der Waals surface area contributed by atoms with Crippen LogP contribution < -0.4 is 0 Å². The Hall–Kier alpha value is -2.41. The van der Waals surface area contributed by atoms with Gasteiger partial charge in [-0.3, -0.25) is 4.98 Å². The quantitative estimate of drug-likeness (QED) is 0.597. The van der Waals surface area contributed by atoms with Gasteiger partial charge in [0.25, 0.3) is 0 Å². The zero-order chi connectivity index (χ0) is 15.9. The van der Waals surface area contributed by atoms with Crippen LogP contribution in [0.1, 0.15) is 30.9 Å². The molecule has 0 aliphatic heterocycles. The molecular weight excluding hydrogens is 278 g/mol. The van der Waals surface area contributed by atoms with Gasteiger partial charge in [0.2, 0.25) is 0 Å². The van der Waals surface area contributed by atoms with E-state index in [-0.39, 0.29) is 0 Å². The number of benzene rings is 2. The van der Waals surface area contributed by atoms with Crippen molar-refractivity contribution >= 4 is 0 Å². The van der Waals surface area contributed by atoms with Gasteiger partial charge in [-0.2, -0.15) is 0 Å². The molecule has 0 bridgehead atoms. The molecule has 0 amide bonds. The highest BCUT2D eigenvalue weighted by atomic mass is 14.7. The fourth-order valence-corrected chi connectivity index (χ4v) is 3.14. The first-order valence-corrected chi connectivity index (χ1v) is 8.29. The molecule has 0 spiro atoms. The predicted octanol–water partition coefficient (Wildman–Crippen LogP) is 5.78. The van der Waals surface area contributed by atoms with Gasteiger partial charge >= 0.3 is 0 Å². The minimum absolute atomic E-state index is 0.378. The fraction of sp³-hybridized carbons (Fsp3) is 0.227. The summed E-state index contributed by atoms with van der Waals surface area (Å²) >= 11 is 0. The molecule has 0 unspecified atom stereocenters. The lowest BCUT2D eigenvalue weighted by molar-refractivity contribution is 0.786. The Morgan fingerprint density at radius 2 is 1.65 bits per heavy atom. The molecule has 23 heavy (non-hydrogen) atoms. The van der Waals surface area contributed by atoms with Crippen molar-refractivity contribution in [2.45, 2.75) is 32.1 Å². The highest BCUT2D eigenvalue weighted by Crippen LogP contribution is 2.48. The van der Waals surface area contributed by atoms with Crippen molar-refractivity contribution in [2.75, 3.05) is 0 Å². The third-order valence-corrected chi connectivity index (χ3v) is 5.08. The monoisotopic (exact) mass is 299 g/mol. The van der Waals surface area contributed by atoms with Crippen molar-refractivity contribution in [2.24, 2.45) is 0 Å². The van der Waals surface area contributed by atoms with Gasteiger partial charge in [0.1, 0.15) is 0 Å². The number of aromatic nitrogens is 1. The molecule has 0 saturated heterocycles.